The molecular weight excluding hydrogens is 404 g/mol. The summed E-state index contributed by atoms with van der Waals surface area (Å²) in [4.78, 5) is 27.5. The van der Waals surface area contributed by atoms with Gasteiger partial charge in [0.05, 0.1) is 11.4 Å². The van der Waals surface area contributed by atoms with Gasteiger partial charge in [0.1, 0.15) is 5.57 Å². The van der Waals surface area contributed by atoms with Crippen LogP contribution in [0.3, 0.4) is 0 Å². The molecule has 0 radical (unpaired) electrons. The summed E-state index contributed by atoms with van der Waals surface area (Å²) in [6, 6.07) is 12.0. The largest absolute Gasteiger partial charge is 0.858 e. The van der Waals surface area contributed by atoms with Gasteiger partial charge in [0, 0.05) is 29.3 Å². The third-order valence-corrected chi connectivity index (χ3v) is 5.12. The quantitative estimate of drug-likeness (QED) is 0.467. The molecule has 3 heterocycles. The van der Waals surface area contributed by atoms with Crippen molar-refractivity contribution >= 4 is 34.7 Å². The fraction of sp³-hybridized carbons (Fsp3) is 0.182. The molecule has 0 N–H and O–H groups in total. The zero-order valence-electron chi connectivity index (χ0n) is 16.5. The number of nitrogens with zero attached hydrogens (tertiary/aromatic N) is 4. The maximum Gasteiger partial charge on any atom is 0.326 e. The van der Waals surface area contributed by atoms with Crippen LogP contribution < -0.4 is 9.67 Å². The van der Waals surface area contributed by atoms with Gasteiger partial charge in [-0.1, -0.05) is 30.7 Å². The number of hydrogen-bond acceptors (Lipinski definition) is 4. The van der Waals surface area contributed by atoms with Crippen LogP contribution in [-0.2, 0) is 9.59 Å². The summed E-state index contributed by atoms with van der Waals surface area (Å²) in [6.07, 6.45) is 3.97. The van der Waals surface area contributed by atoms with Crippen LogP contribution in [-0.4, -0.2) is 33.0 Å². The molecule has 0 bridgehead atoms. The normalized spacial score (nSPS) is 14.2. The molecule has 30 heavy (non-hydrogen) atoms. The summed E-state index contributed by atoms with van der Waals surface area (Å²) >= 11 is 6.06. The molecule has 0 saturated carbocycles. The fourth-order valence-corrected chi connectivity index (χ4v) is 3.76. The predicted molar refractivity (Wildman–Crippen MR) is 110 cm³/mol. The SMILES string of the molecule is CCCN1C(=O)C(c2c(C)nn(-c3cccc(Cl)c3)c2[O-])=C([n+]2ccccc2)C1=O. The van der Waals surface area contributed by atoms with Gasteiger partial charge in [-0.3, -0.25) is 14.5 Å². The molecule has 2 aromatic heterocycles. The molecule has 1 aliphatic heterocycles. The van der Waals surface area contributed by atoms with Gasteiger partial charge in [0.15, 0.2) is 12.4 Å². The van der Waals surface area contributed by atoms with E-state index in [-0.39, 0.29) is 23.4 Å². The lowest BCUT2D eigenvalue weighted by atomic mass is 10.0. The van der Waals surface area contributed by atoms with Crippen molar-refractivity contribution in [2.45, 2.75) is 20.3 Å². The van der Waals surface area contributed by atoms with Gasteiger partial charge in [-0.2, -0.15) is 9.67 Å². The Balaban J connectivity index is 1.95. The number of benzene rings is 1. The van der Waals surface area contributed by atoms with Crippen molar-refractivity contribution < 1.29 is 19.3 Å². The van der Waals surface area contributed by atoms with E-state index in [1.807, 2.05) is 13.0 Å². The Hall–Kier alpha value is -3.45. The fourth-order valence-electron chi connectivity index (χ4n) is 3.58. The Bertz CT molecular complexity index is 1180. The van der Waals surface area contributed by atoms with Crippen LogP contribution >= 0.6 is 11.6 Å². The standard InChI is InChI=1S/C22H19ClN4O3/c1-3-10-26-20(28)18(19(22(26)30)25-11-5-4-6-12-25)17-14(2)24-27(21(17)29)16-9-7-8-15(23)13-16/h4-9,11-13H,3,10H2,1-2H3. The first-order chi connectivity index (χ1) is 14.4. The molecule has 152 valence electrons. The van der Waals surface area contributed by atoms with E-state index in [1.165, 1.54) is 9.58 Å². The summed E-state index contributed by atoms with van der Waals surface area (Å²) in [5.74, 6) is -1.39. The number of aryl methyl sites for hydroxylation is 1. The van der Waals surface area contributed by atoms with E-state index in [1.54, 1.807) is 60.3 Å². The van der Waals surface area contributed by atoms with Crippen LogP contribution in [0.5, 0.6) is 5.88 Å². The van der Waals surface area contributed by atoms with Crippen molar-refractivity contribution in [3.63, 3.8) is 0 Å². The van der Waals surface area contributed by atoms with Gasteiger partial charge >= 0.3 is 5.91 Å². The molecule has 0 aliphatic carbocycles. The molecule has 0 atom stereocenters. The van der Waals surface area contributed by atoms with Crippen molar-refractivity contribution in [1.82, 2.24) is 14.7 Å². The molecule has 3 aromatic rings. The van der Waals surface area contributed by atoms with Gasteiger partial charge in [0.2, 0.25) is 0 Å². The van der Waals surface area contributed by atoms with Gasteiger partial charge < -0.3 is 5.11 Å². The van der Waals surface area contributed by atoms with Crippen LogP contribution in [0.2, 0.25) is 5.02 Å². The number of rotatable bonds is 5. The first-order valence-electron chi connectivity index (χ1n) is 9.54. The molecule has 4 rings (SSSR count). The molecule has 0 saturated heterocycles. The molecule has 0 unspecified atom stereocenters. The lowest BCUT2D eigenvalue weighted by molar-refractivity contribution is -0.576. The second-order valence-corrected chi connectivity index (χ2v) is 7.36. The Morgan fingerprint density at radius 1 is 1.10 bits per heavy atom. The van der Waals surface area contributed by atoms with E-state index < -0.39 is 17.7 Å². The molecule has 1 aliphatic rings. The molecular formula is C22H19ClN4O3. The highest BCUT2D eigenvalue weighted by atomic mass is 35.5. The molecule has 7 nitrogen and oxygen atoms in total. The Morgan fingerprint density at radius 3 is 2.50 bits per heavy atom. The minimum Gasteiger partial charge on any atom is -0.858 e. The second-order valence-electron chi connectivity index (χ2n) is 6.93. The van der Waals surface area contributed by atoms with Crippen molar-refractivity contribution in [3.05, 3.63) is 71.1 Å². The van der Waals surface area contributed by atoms with E-state index in [9.17, 15) is 14.7 Å². The maximum absolute atomic E-state index is 13.3. The number of carbonyl (C=O) groups excluding carboxylic acids is 2. The number of hydrogen-bond donors (Lipinski definition) is 0. The lowest BCUT2D eigenvalue weighted by Crippen LogP contribution is -2.39. The predicted octanol–water partition coefficient (Wildman–Crippen LogP) is 2.34. The molecule has 2 amide bonds. The van der Waals surface area contributed by atoms with Gasteiger partial charge in [-0.25, -0.2) is 4.68 Å². The molecule has 1 aromatic carbocycles. The third-order valence-electron chi connectivity index (χ3n) is 4.89. The number of amides is 2. The zero-order valence-corrected chi connectivity index (χ0v) is 17.3. The number of halogens is 1. The molecule has 8 heteroatoms. The highest BCUT2D eigenvalue weighted by Crippen LogP contribution is 2.36. The molecule has 0 spiro atoms. The van der Waals surface area contributed by atoms with Gasteiger partial charge in [-0.05, 0) is 37.4 Å². The maximum atomic E-state index is 13.3. The Morgan fingerprint density at radius 2 is 1.83 bits per heavy atom. The van der Waals surface area contributed by atoms with Gasteiger partial charge in [0.25, 0.3) is 11.6 Å². The number of aromatic nitrogens is 3. The van der Waals surface area contributed by atoms with Gasteiger partial charge in [-0.15, -0.1) is 0 Å². The van der Waals surface area contributed by atoms with E-state index >= 15 is 0 Å². The first kappa shape index (κ1) is 19.8. The smallest absolute Gasteiger partial charge is 0.326 e. The van der Waals surface area contributed by atoms with E-state index in [4.69, 9.17) is 11.6 Å². The first-order valence-corrected chi connectivity index (χ1v) is 9.92. The summed E-state index contributed by atoms with van der Waals surface area (Å²) in [6.45, 7) is 3.81. The summed E-state index contributed by atoms with van der Waals surface area (Å²) < 4.78 is 2.78. The Labute approximate surface area is 178 Å². The topological polar surface area (TPSA) is 82.1 Å². The minimum atomic E-state index is -0.487. The van der Waals surface area contributed by atoms with E-state index in [0.29, 0.717) is 22.8 Å². The third kappa shape index (κ3) is 3.17. The highest BCUT2D eigenvalue weighted by molar-refractivity contribution is 6.44. The number of imide groups is 1. The zero-order chi connectivity index (χ0) is 21.4. The van der Waals surface area contributed by atoms with Crippen molar-refractivity contribution in [2.75, 3.05) is 6.54 Å². The van der Waals surface area contributed by atoms with Crippen molar-refractivity contribution in [2.24, 2.45) is 0 Å². The van der Waals surface area contributed by atoms with Crippen LogP contribution in [0.25, 0.3) is 17.0 Å². The van der Waals surface area contributed by atoms with Crippen LogP contribution in [0.4, 0.5) is 0 Å². The van der Waals surface area contributed by atoms with E-state index in [0.717, 1.165) is 0 Å². The Kier molecular flexibility index (Phi) is 5.13. The lowest BCUT2D eigenvalue weighted by Gasteiger charge is -2.14. The summed E-state index contributed by atoms with van der Waals surface area (Å²) in [5.41, 5.74) is 1.20. The van der Waals surface area contributed by atoms with E-state index in [2.05, 4.69) is 5.10 Å². The highest BCUT2D eigenvalue weighted by Gasteiger charge is 2.46. The number of carbonyl (C=O) groups is 2. The van der Waals surface area contributed by atoms with Crippen LogP contribution in [0, 0.1) is 6.92 Å². The molecule has 0 fully saturated rings. The van der Waals surface area contributed by atoms with Crippen LogP contribution in [0.1, 0.15) is 24.6 Å². The summed E-state index contributed by atoms with van der Waals surface area (Å²) in [5, 5.41) is 18.1. The monoisotopic (exact) mass is 422 g/mol. The van der Waals surface area contributed by atoms with Crippen LogP contribution in [0.15, 0.2) is 54.9 Å². The number of pyridine rings is 1. The summed E-state index contributed by atoms with van der Waals surface area (Å²) in [7, 11) is 0. The van der Waals surface area contributed by atoms with Crippen molar-refractivity contribution in [1.29, 1.82) is 0 Å². The minimum absolute atomic E-state index is 0.0698. The second kappa shape index (κ2) is 7.76. The average Bonchev–Trinajstić information content (AvgIpc) is 3.16. The average molecular weight is 423 g/mol. The van der Waals surface area contributed by atoms with Crippen molar-refractivity contribution in [3.8, 4) is 11.6 Å².